The number of rotatable bonds is 5. The summed E-state index contributed by atoms with van der Waals surface area (Å²) in [7, 11) is 1.73. The normalized spacial score (nSPS) is 11.7. The molecule has 1 nitrogen and oxygen atoms in total. The molecule has 0 amide bonds. The molecule has 0 heterocycles. The fourth-order valence-corrected chi connectivity index (χ4v) is 1.79. The highest BCUT2D eigenvalue weighted by molar-refractivity contribution is 9.09. The summed E-state index contributed by atoms with van der Waals surface area (Å²) in [4.78, 5) is 0. The Morgan fingerprint density at radius 2 is 1.93 bits per heavy atom. The monoisotopic (exact) mass is 270 g/mol. The molecule has 0 bridgehead atoms. The van der Waals surface area contributed by atoms with Crippen LogP contribution in [0.4, 0.5) is 0 Å². The molecule has 1 aromatic carbocycles. The maximum atomic E-state index is 5.13. The Hall–Kier alpha value is -0.340. The first-order valence-corrected chi connectivity index (χ1v) is 6.32. The number of benzene rings is 1. The molecule has 0 aromatic heterocycles. The zero-order valence-corrected chi connectivity index (χ0v) is 11.3. The van der Waals surface area contributed by atoms with Crippen molar-refractivity contribution in [3.05, 3.63) is 35.4 Å². The zero-order chi connectivity index (χ0) is 11.3. The lowest BCUT2D eigenvalue weighted by atomic mass is 9.87. The molecule has 0 atom stereocenters. The second-order valence-electron chi connectivity index (χ2n) is 4.73. The molecule has 15 heavy (non-hydrogen) atoms. The summed E-state index contributed by atoms with van der Waals surface area (Å²) in [6.07, 6.45) is 1.09. The number of halogens is 1. The molecule has 0 N–H and O–H groups in total. The van der Waals surface area contributed by atoms with Gasteiger partial charge in [-0.05, 0) is 23.0 Å². The molecule has 0 saturated heterocycles. The maximum absolute atomic E-state index is 5.13. The third-order valence-corrected chi connectivity index (χ3v) is 3.86. The van der Waals surface area contributed by atoms with Crippen molar-refractivity contribution in [3.8, 4) is 0 Å². The molecule has 0 spiro atoms. The average Bonchev–Trinajstić information content (AvgIpc) is 2.18. The minimum Gasteiger partial charge on any atom is -0.380 e. The molecular weight excluding hydrogens is 252 g/mol. The van der Waals surface area contributed by atoms with Crippen LogP contribution in [0.5, 0.6) is 0 Å². The van der Waals surface area contributed by atoms with Crippen molar-refractivity contribution >= 4 is 15.9 Å². The van der Waals surface area contributed by atoms with Crippen LogP contribution in [0, 0.1) is 5.41 Å². The van der Waals surface area contributed by atoms with Gasteiger partial charge < -0.3 is 4.74 Å². The summed E-state index contributed by atoms with van der Waals surface area (Å²) in [5.74, 6) is 0. The Kier molecular flexibility index (Phi) is 4.81. The van der Waals surface area contributed by atoms with Crippen LogP contribution in [0.25, 0.3) is 0 Å². The summed E-state index contributed by atoms with van der Waals surface area (Å²) < 4.78 is 5.13. The fraction of sp³-hybridized carbons (Fsp3) is 0.538. The van der Waals surface area contributed by atoms with E-state index in [-0.39, 0.29) is 0 Å². The van der Waals surface area contributed by atoms with Gasteiger partial charge in [-0.25, -0.2) is 0 Å². The molecule has 0 fully saturated rings. The largest absolute Gasteiger partial charge is 0.380 e. The smallest absolute Gasteiger partial charge is 0.0713 e. The number of hydrogen-bond acceptors (Lipinski definition) is 1. The highest BCUT2D eigenvalue weighted by Gasteiger charge is 2.16. The van der Waals surface area contributed by atoms with E-state index in [4.69, 9.17) is 4.74 Å². The summed E-state index contributed by atoms with van der Waals surface area (Å²) in [5, 5.41) is 1.02. The second kappa shape index (κ2) is 5.66. The van der Waals surface area contributed by atoms with Crippen LogP contribution in [0.15, 0.2) is 24.3 Å². The van der Waals surface area contributed by atoms with Crippen molar-refractivity contribution in [2.75, 3.05) is 12.4 Å². The van der Waals surface area contributed by atoms with Crippen molar-refractivity contribution in [2.45, 2.75) is 26.9 Å². The third-order valence-electron chi connectivity index (χ3n) is 2.35. The molecule has 0 saturated carbocycles. The minimum atomic E-state index is 0.311. The molecule has 0 aliphatic heterocycles. The standard InChI is InChI=1S/C13H19BrO/c1-13(2,10-14)8-11-5-4-6-12(7-11)9-15-3/h4-7H,8-10H2,1-3H3. The highest BCUT2D eigenvalue weighted by Crippen LogP contribution is 2.24. The molecule has 0 unspecified atom stereocenters. The van der Waals surface area contributed by atoms with E-state index in [1.807, 2.05) is 0 Å². The SMILES string of the molecule is COCc1cccc(CC(C)(C)CBr)c1. The molecule has 0 aliphatic carbocycles. The lowest BCUT2D eigenvalue weighted by Gasteiger charge is -2.21. The maximum Gasteiger partial charge on any atom is 0.0713 e. The summed E-state index contributed by atoms with van der Waals surface area (Å²) in [5.41, 5.74) is 2.94. The van der Waals surface area contributed by atoms with Gasteiger partial charge >= 0.3 is 0 Å². The van der Waals surface area contributed by atoms with Crippen LogP contribution in [0.2, 0.25) is 0 Å². The van der Waals surface area contributed by atoms with Gasteiger partial charge in [0.1, 0.15) is 0 Å². The van der Waals surface area contributed by atoms with E-state index in [1.54, 1.807) is 7.11 Å². The fourth-order valence-electron chi connectivity index (χ4n) is 1.60. The Morgan fingerprint density at radius 1 is 1.27 bits per heavy atom. The van der Waals surface area contributed by atoms with Gasteiger partial charge in [0.2, 0.25) is 0 Å². The van der Waals surface area contributed by atoms with Gasteiger partial charge in [0.25, 0.3) is 0 Å². The molecule has 1 aromatic rings. The molecular formula is C13H19BrO. The van der Waals surface area contributed by atoms with Crippen LogP contribution in [-0.4, -0.2) is 12.4 Å². The predicted octanol–water partition coefficient (Wildman–Crippen LogP) is 3.80. The number of methoxy groups -OCH3 is 1. The van der Waals surface area contributed by atoms with Crippen LogP contribution >= 0.6 is 15.9 Å². The minimum absolute atomic E-state index is 0.311. The number of alkyl halides is 1. The number of hydrogen-bond donors (Lipinski definition) is 0. The zero-order valence-electron chi connectivity index (χ0n) is 9.72. The van der Waals surface area contributed by atoms with Crippen molar-refractivity contribution in [1.82, 2.24) is 0 Å². The second-order valence-corrected chi connectivity index (χ2v) is 5.29. The predicted molar refractivity (Wildman–Crippen MR) is 68.4 cm³/mol. The highest BCUT2D eigenvalue weighted by atomic mass is 79.9. The van der Waals surface area contributed by atoms with Gasteiger partial charge in [-0.2, -0.15) is 0 Å². The molecule has 2 heteroatoms. The van der Waals surface area contributed by atoms with Crippen LogP contribution < -0.4 is 0 Å². The Labute approximate surface area is 101 Å². The Bertz CT molecular complexity index is 307. The van der Waals surface area contributed by atoms with Crippen molar-refractivity contribution < 1.29 is 4.74 Å². The Balaban J connectivity index is 2.73. The van der Waals surface area contributed by atoms with Gasteiger partial charge in [-0.15, -0.1) is 0 Å². The summed E-state index contributed by atoms with van der Waals surface area (Å²) >= 11 is 3.55. The average molecular weight is 271 g/mol. The first-order valence-electron chi connectivity index (χ1n) is 5.20. The number of ether oxygens (including phenoxy) is 1. The Morgan fingerprint density at radius 3 is 2.53 bits per heavy atom. The van der Waals surface area contributed by atoms with E-state index >= 15 is 0 Å². The van der Waals surface area contributed by atoms with E-state index in [1.165, 1.54) is 11.1 Å². The van der Waals surface area contributed by atoms with E-state index < -0.39 is 0 Å². The van der Waals surface area contributed by atoms with Crippen LogP contribution in [-0.2, 0) is 17.8 Å². The van der Waals surface area contributed by atoms with Gasteiger partial charge in [-0.3, -0.25) is 0 Å². The van der Waals surface area contributed by atoms with Gasteiger partial charge in [0.15, 0.2) is 0 Å². The van der Waals surface area contributed by atoms with E-state index in [2.05, 4.69) is 54.0 Å². The van der Waals surface area contributed by atoms with Crippen molar-refractivity contribution in [2.24, 2.45) is 5.41 Å². The van der Waals surface area contributed by atoms with E-state index in [0.717, 1.165) is 11.8 Å². The molecule has 1 rings (SSSR count). The summed E-state index contributed by atoms with van der Waals surface area (Å²) in [6, 6.07) is 8.62. The van der Waals surface area contributed by atoms with Crippen molar-refractivity contribution in [1.29, 1.82) is 0 Å². The lowest BCUT2D eigenvalue weighted by molar-refractivity contribution is 0.185. The van der Waals surface area contributed by atoms with Crippen LogP contribution in [0.1, 0.15) is 25.0 Å². The van der Waals surface area contributed by atoms with Crippen LogP contribution in [0.3, 0.4) is 0 Å². The molecule has 0 aliphatic rings. The first-order chi connectivity index (χ1) is 7.07. The van der Waals surface area contributed by atoms with Gasteiger partial charge in [0.05, 0.1) is 6.61 Å². The summed E-state index contributed by atoms with van der Waals surface area (Å²) in [6.45, 7) is 5.23. The van der Waals surface area contributed by atoms with E-state index in [0.29, 0.717) is 12.0 Å². The molecule has 84 valence electrons. The third kappa shape index (κ3) is 4.35. The van der Waals surface area contributed by atoms with Gasteiger partial charge in [0, 0.05) is 12.4 Å². The van der Waals surface area contributed by atoms with Gasteiger partial charge in [-0.1, -0.05) is 54.0 Å². The molecule has 0 radical (unpaired) electrons. The van der Waals surface area contributed by atoms with Crippen molar-refractivity contribution in [3.63, 3.8) is 0 Å². The van der Waals surface area contributed by atoms with E-state index in [9.17, 15) is 0 Å². The first kappa shape index (κ1) is 12.7. The topological polar surface area (TPSA) is 9.23 Å². The quantitative estimate of drug-likeness (QED) is 0.740. The lowest BCUT2D eigenvalue weighted by Crippen LogP contribution is -2.16.